The molecule has 1 aliphatic rings. The maximum atomic E-state index is 12.2. The predicted molar refractivity (Wildman–Crippen MR) is 79.2 cm³/mol. The Balaban J connectivity index is 0.00000220. The molecule has 2 rings (SSSR count). The number of hydrogen-bond acceptors (Lipinski definition) is 4. The van der Waals surface area contributed by atoms with E-state index in [9.17, 15) is 14.4 Å². The lowest BCUT2D eigenvalue weighted by molar-refractivity contribution is -0.138. The number of carboxylic acid groups (broad SMARTS) is 1. The maximum Gasteiger partial charge on any atom is 0.320 e. The van der Waals surface area contributed by atoms with E-state index in [0.29, 0.717) is 18.4 Å². The molecule has 1 aromatic rings. The molecular formula is C16H21NO4. The van der Waals surface area contributed by atoms with Gasteiger partial charge in [0.1, 0.15) is 11.8 Å². The molecule has 5 heteroatoms. The molecule has 0 aromatic heterocycles. The summed E-state index contributed by atoms with van der Waals surface area (Å²) in [6.07, 6.45) is 2.11. The highest BCUT2D eigenvalue weighted by Crippen LogP contribution is 2.25. The first-order valence-electron chi connectivity index (χ1n) is 6.63. The lowest BCUT2D eigenvalue weighted by Crippen LogP contribution is -2.32. The molecule has 1 aromatic carbocycles. The number of rotatable bonds is 5. The molecule has 0 amide bonds. The zero-order chi connectivity index (χ0) is 14.7. The molecule has 1 fully saturated rings. The summed E-state index contributed by atoms with van der Waals surface area (Å²) in [7, 11) is 0. The number of carbonyl (C=O) groups excluding carboxylic acids is 2. The average molecular weight is 291 g/mol. The third-order valence-electron chi connectivity index (χ3n) is 3.63. The second-order valence-electron chi connectivity index (χ2n) is 5.12. The minimum atomic E-state index is -1.05. The van der Waals surface area contributed by atoms with Crippen LogP contribution in [0.3, 0.4) is 0 Å². The van der Waals surface area contributed by atoms with Gasteiger partial charge in [0, 0.05) is 12.0 Å². The van der Waals surface area contributed by atoms with Gasteiger partial charge in [0.25, 0.3) is 0 Å². The Kier molecular flexibility index (Phi) is 5.79. The van der Waals surface area contributed by atoms with Crippen LogP contribution < -0.4 is 5.73 Å². The number of carbonyl (C=O) groups is 3. The normalized spacial score (nSPS) is 18.9. The lowest BCUT2D eigenvalue weighted by atomic mass is 9.94. The van der Waals surface area contributed by atoms with Gasteiger partial charge in [-0.1, -0.05) is 31.7 Å². The van der Waals surface area contributed by atoms with E-state index in [0.717, 1.165) is 12.0 Å². The fourth-order valence-electron chi connectivity index (χ4n) is 2.44. The molecule has 0 spiro atoms. The Morgan fingerprint density at radius 2 is 1.90 bits per heavy atom. The fourth-order valence-corrected chi connectivity index (χ4v) is 2.44. The second-order valence-corrected chi connectivity index (χ2v) is 5.12. The lowest BCUT2D eigenvalue weighted by Gasteiger charge is -2.09. The summed E-state index contributed by atoms with van der Waals surface area (Å²) in [5.41, 5.74) is 6.71. The van der Waals surface area contributed by atoms with Gasteiger partial charge in [0.2, 0.25) is 0 Å². The van der Waals surface area contributed by atoms with Crippen molar-refractivity contribution < 1.29 is 19.5 Å². The van der Waals surface area contributed by atoms with Crippen molar-refractivity contribution in [3.63, 3.8) is 0 Å². The molecular weight excluding hydrogens is 270 g/mol. The van der Waals surface area contributed by atoms with Crippen LogP contribution in [-0.4, -0.2) is 28.7 Å². The summed E-state index contributed by atoms with van der Waals surface area (Å²) in [6, 6.07) is 5.70. The Bertz CT molecular complexity index is 536. The van der Waals surface area contributed by atoms with Crippen LogP contribution in [0.15, 0.2) is 24.3 Å². The van der Waals surface area contributed by atoms with Gasteiger partial charge < -0.3 is 10.8 Å². The third kappa shape index (κ3) is 3.98. The molecule has 114 valence electrons. The molecule has 0 heterocycles. The third-order valence-corrected chi connectivity index (χ3v) is 3.63. The van der Waals surface area contributed by atoms with Crippen LogP contribution in [-0.2, 0) is 16.0 Å². The average Bonchev–Trinajstić information content (AvgIpc) is 2.85. The number of hydrogen-bond donors (Lipinski definition) is 2. The molecule has 0 saturated heterocycles. The van der Waals surface area contributed by atoms with Gasteiger partial charge >= 0.3 is 5.97 Å². The van der Waals surface area contributed by atoms with E-state index >= 15 is 0 Å². The first-order chi connectivity index (χ1) is 9.49. The first-order valence-corrected chi connectivity index (χ1v) is 6.63. The van der Waals surface area contributed by atoms with Gasteiger partial charge in [-0.2, -0.15) is 0 Å². The minimum Gasteiger partial charge on any atom is -0.480 e. The van der Waals surface area contributed by atoms with Crippen molar-refractivity contribution in [2.75, 3.05) is 0 Å². The van der Waals surface area contributed by atoms with Gasteiger partial charge in [-0.15, -0.1) is 0 Å². The highest BCUT2D eigenvalue weighted by atomic mass is 16.4. The summed E-state index contributed by atoms with van der Waals surface area (Å²) in [5.74, 6) is -1.67. The van der Waals surface area contributed by atoms with E-state index < -0.39 is 17.9 Å². The summed E-state index contributed by atoms with van der Waals surface area (Å²) in [4.78, 5) is 34.4. The molecule has 2 unspecified atom stereocenters. The monoisotopic (exact) mass is 291 g/mol. The van der Waals surface area contributed by atoms with Gasteiger partial charge in [-0.25, -0.2) is 0 Å². The Hall–Kier alpha value is -2.01. The topological polar surface area (TPSA) is 97.5 Å². The highest BCUT2D eigenvalue weighted by Gasteiger charge is 2.31. The predicted octanol–water partition coefficient (Wildman–Crippen LogP) is 1.83. The van der Waals surface area contributed by atoms with Crippen LogP contribution in [0.1, 0.15) is 42.6 Å². The maximum absolute atomic E-state index is 12.2. The van der Waals surface area contributed by atoms with Crippen LogP contribution in [0.4, 0.5) is 0 Å². The quantitative estimate of drug-likeness (QED) is 0.637. The van der Waals surface area contributed by atoms with Crippen LogP contribution in [0, 0.1) is 5.92 Å². The van der Waals surface area contributed by atoms with Gasteiger partial charge in [0.05, 0.1) is 5.92 Å². The van der Waals surface area contributed by atoms with Crippen molar-refractivity contribution in [3.8, 4) is 0 Å². The van der Waals surface area contributed by atoms with E-state index in [1.54, 1.807) is 24.3 Å². The summed E-state index contributed by atoms with van der Waals surface area (Å²) < 4.78 is 0. The van der Waals surface area contributed by atoms with Crippen molar-refractivity contribution in [1.82, 2.24) is 0 Å². The number of benzene rings is 1. The van der Waals surface area contributed by atoms with Crippen LogP contribution >= 0.6 is 0 Å². The number of ketones is 2. The molecule has 2 atom stereocenters. The van der Waals surface area contributed by atoms with Crippen LogP contribution in [0.5, 0.6) is 0 Å². The summed E-state index contributed by atoms with van der Waals surface area (Å²) in [5, 5.41) is 8.74. The number of carboxylic acids is 1. The number of aliphatic carboxylic acids is 1. The molecule has 0 radical (unpaired) electrons. The molecule has 5 nitrogen and oxygen atoms in total. The van der Waals surface area contributed by atoms with Crippen molar-refractivity contribution >= 4 is 17.5 Å². The van der Waals surface area contributed by atoms with Gasteiger partial charge in [0.15, 0.2) is 5.78 Å². The first kappa shape index (κ1) is 17.0. The molecule has 21 heavy (non-hydrogen) atoms. The zero-order valence-corrected chi connectivity index (χ0v) is 11.0. The molecule has 0 bridgehead atoms. The number of Topliss-reactive ketones (excluding diaryl/α,β-unsaturated/α-hetero) is 2. The number of nitrogens with two attached hydrogens (primary N) is 1. The summed E-state index contributed by atoms with van der Waals surface area (Å²) >= 11 is 0. The van der Waals surface area contributed by atoms with E-state index in [1.807, 2.05) is 0 Å². The van der Waals surface area contributed by atoms with Crippen molar-refractivity contribution in [2.24, 2.45) is 11.7 Å². The van der Waals surface area contributed by atoms with Crippen LogP contribution in [0.2, 0.25) is 0 Å². The Morgan fingerprint density at radius 3 is 2.38 bits per heavy atom. The molecule has 1 saturated carbocycles. The zero-order valence-electron chi connectivity index (χ0n) is 11.0. The largest absolute Gasteiger partial charge is 0.480 e. The molecule has 0 aliphatic heterocycles. The second kappa shape index (κ2) is 7.13. The van der Waals surface area contributed by atoms with E-state index in [2.05, 4.69) is 0 Å². The van der Waals surface area contributed by atoms with E-state index in [1.165, 1.54) is 0 Å². The van der Waals surface area contributed by atoms with Crippen molar-refractivity contribution in [1.29, 1.82) is 0 Å². The molecule has 1 aliphatic carbocycles. The van der Waals surface area contributed by atoms with Gasteiger partial charge in [-0.3, -0.25) is 14.4 Å². The van der Waals surface area contributed by atoms with Crippen molar-refractivity contribution in [2.45, 2.75) is 39.2 Å². The van der Waals surface area contributed by atoms with E-state index in [4.69, 9.17) is 10.8 Å². The summed E-state index contributed by atoms with van der Waals surface area (Å²) in [6.45, 7) is 0. The van der Waals surface area contributed by atoms with E-state index in [-0.39, 0.29) is 25.4 Å². The molecule has 3 N–H and O–H groups in total. The smallest absolute Gasteiger partial charge is 0.320 e. The van der Waals surface area contributed by atoms with Crippen LogP contribution in [0.25, 0.3) is 0 Å². The SMILES string of the molecule is C.NC(Cc1ccc(C(=O)C2CCCC2=O)cc1)C(=O)O. The Morgan fingerprint density at radius 1 is 1.29 bits per heavy atom. The minimum absolute atomic E-state index is 0. The van der Waals surface area contributed by atoms with Crippen molar-refractivity contribution in [3.05, 3.63) is 35.4 Å². The Labute approximate surface area is 124 Å². The van der Waals surface area contributed by atoms with Gasteiger partial charge in [-0.05, 0) is 24.8 Å². The fraction of sp³-hybridized carbons (Fsp3) is 0.438. The highest BCUT2D eigenvalue weighted by molar-refractivity contribution is 6.11. The standard InChI is InChI=1S/C15H17NO4.CH4/c16-12(15(19)20)8-9-4-6-10(7-5-9)14(18)11-2-1-3-13(11)17;/h4-7,11-12H,1-3,8,16H2,(H,19,20);1H4.